The number of allylic oxidation sites excluding steroid dienone is 1. The maximum Gasteiger partial charge on any atom is 0.413 e. The van der Waals surface area contributed by atoms with Crippen LogP contribution in [-0.2, 0) is 4.74 Å². The third-order valence-electron chi connectivity index (χ3n) is 3.00. The smallest absolute Gasteiger partial charge is 0.413 e. The molecule has 0 N–H and O–H groups in total. The molecule has 0 saturated carbocycles. The lowest BCUT2D eigenvalue weighted by Gasteiger charge is -2.24. The van der Waals surface area contributed by atoms with Crippen LogP contribution in [0.3, 0.4) is 0 Å². The van der Waals surface area contributed by atoms with E-state index in [1.54, 1.807) is 4.90 Å². The van der Waals surface area contributed by atoms with Crippen molar-refractivity contribution in [1.82, 2.24) is 4.90 Å². The molecule has 0 atom stereocenters. The Balaban J connectivity index is 2.37. The zero-order valence-corrected chi connectivity index (χ0v) is 12.6. The summed E-state index contributed by atoms with van der Waals surface area (Å²) >= 11 is 0. The number of carbonyl (C=O) groups is 1. The summed E-state index contributed by atoms with van der Waals surface area (Å²) in [7, 11) is -1.11. The minimum atomic E-state index is -1.11. The first-order valence-corrected chi connectivity index (χ1v) is 10.3. The van der Waals surface area contributed by atoms with Gasteiger partial charge < -0.3 is 4.74 Å². The third-order valence-corrected chi connectivity index (χ3v) is 4.71. The summed E-state index contributed by atoms with van der Waals surface area (Å²) in [6.07, 6.45) is 5.01. The van der Waals surface area contributed by atoms with Crippen molar-refractivity contribution in [2.24, 2.45) is 0 Å². The van der Waals surface area contributed by atoms with E-state index in [0.717, 1.165) is 31.9 Å². The van der Waals surface area contributed by atoms with Gasteiger partial charge in [0.15, 0.2) is 0 Å². The first-order valence-electron chi connectivity index (χ1n) is 6.55. The summed E-state index contributed by atoms with van der Waals surface area (Å²) in [6, 6.07) is 1.04. The molecule has 0 aliphatic carbocycles. The van der Waals surface area contributed by atoms with Crippen LogP contribution in [0.25, 0.3) is 0 Å². The minimum absolute atomic E-state index is 0.172. The second-order valence-electron chi connectivity index (χ2n) is 5.86. The molecular weight excluding hydrogens is 230 g/mol. The van der Waals surface area contributed by atoms with Gasteiger partial charge in [0.05, 0.1) is 6.61 Å². The van der Waals surface area contributed by atoms with E-state index in [9.17, 15) is 4.79 Å². The lowest BCUT2D eigenvalue weighted by atomic mass is 10.1. The Hall–Kier alpha value is -0.773. The molecule has 1 aliphatic rings. The average molecular weight is 255 g/mol. The summed E-state index contributed by atoms with van der Waals surface area (Å²) < 4.78 is 5.33. The molecular formula is C13H25NO2Si. The second kappa shape index (κ2) is 6.24. The monoisotopic (exact) mass is 255 g/mol. The first-order chi connectivity index (χ1) is 7.92. The summed E-state index contributed by atoms with van der Waals surface area (Å²) in [5.74, 6) is 0. The highest BCUT2D eigenvalue weighted by atomic mass is 28.3. The van der Waals surface area contributed by atoms with E-state index >= 15 is 0 Å². The molecule has 0 unspecified atom stereocenters. The molecule has 4 heteroatoms. The molecule has 17 heavy (non-hydrogen) atoms. The lowest BCUT2D eigenvalue weighted by molar-refractivity contribution is 0.119. The van der Waals surface area contributed by atoms with Crippen LogP contribution in [0.15, 0.2) is 11.8 Å². The number of hydrogen-bond donors (Lipinski definition) is 0. The molecule has 0 aromatic heterocycles. The van der Waals surface area contributed by atoms with Gasteiger partial charge in [0, 0.05) is 20.8 Å². The van der Waals surface area contributed by atoms with Crippen LogP contribution in [0.1, 0.15) is 26.2 Å². The van der Waals surface area contributed by atoms with Crippen LogP contribution in [0.4, 0.5) is 4.79 Å². The molecule has 1 amide bonds. The van der Waals surface area contributed by atoms with Gasteiger partial charge >= 0.3 is 6.09 Å². The largest absolute Gasteiger partial charge is 0.449 e. The van der Waals surface area contributed by atoms with Gasteiger partial charge in [-0.1, -0.05) is 32.1 Å². The van der Waals surface area contributed by atoms with Gasteiger partial charge in [-0.2, -0.15) is 0 Å². The quantitative estimate of drug-likeness (QED) is 0.714. The summed E-state index contributed by atoms with van der Waals surface area (Å²) in [6.45, 7) is 10.4. The van der Waals surface area contributed by atoms with Gasteiger partial charge in [0.2, 0.25) is 0 Å². The van der Waals surface area contributed by atoms with E-state index < -0.39 is 8.07 Å². The zero-order valence-electron chi connectivity index (χ0n) is 11.6. The van der Waals surface area contributed by atoms with Crippen LogP contribution in [-0.4, -0.2) is 32.2 Å². The van der Waals surface area contributed by atoms with Crippen LogP contribution in [0.2, 0.25) is 25.7 Å². The van der Waals surface area contributed by atoms with E-state index in [0.29, 0.717) is 6.61 Å². The van der Waals surface area contributed by atoms with Gasteiger partial charge in [0.25, 0.3) is 0 Å². The molecule has 3 nitrogen and oxygen atoms in total. The molecule has 0 spiro atoms. The fourth-order valence-electron chi connectivity index (χ4n) is 1.77. The second-order valence-corrected chi connectivity index (χ2v) is 11.5. The van der Waals surface area contributed by atoms with Gasteiger partial charge in [-0.05, 0) is 25.3 Å². The highest BCUT2D eigenvalue weighted by Gasteiger charge is 2.19. The van der Waals surface area contributed by atoms with Crippen molar-refractivity contribution in [3.05, 3.63) is 11.8 Å². The van der Waals surface area contributed by atoms with Crippen molar-refractivity contribution in [1.29, 1.82) is 0 Å². The number of amides is 1. The maximum absolute atomic E-state index is 11.8. The molecule has 0 aromatic rings. The number of ether oxygens (including phenoxy) is 1. The van der Waals surface area contributed by atoms with Crippen LogP contribution >= 0.6 is 0 Å². The van der Waals surface area contributed by atoms with E-state index in [1.807, 2.05) is 6.20 Å². The molecule has 0 saturated heterocycles. The van der Waals surface area contributed by atoms with Gasteiger partial charge in [-0.25, -0.2) is 4.79 Å². The summed E-state index contributed by atoms with van der Waals surface area (Å²) in [4.78, 5) is 13.5. The number of hydrogen-bond acceptors (Lipinski definition) is 2. The maximum atomic E-state index is 11.8. The van der Waals surface area contributed by atoms with Crippen molar-refractivity contribution in [2.45, 2.75) is 51.9 Å². The van der Waals surface area contributed by atoms with E-state index in [1.165, 1.54) is 5.57 Å². The molecule has 0 fully saturated rings. The van der Waals surface area contributed by atoms with Gasteiger partial charge in [-0.15, -0.1) is 0 Å². The Labute approximate surface area is 106 Å². The molecule has 1 aliphatic heterocycles. The molecule has 0 radical (unpaired) electrons. The topological polar surface area (TPSA) is 29.5 Å². The van der Waals surface area contributed by atoms with Crippen molar-refractivity contribution in [2.75, 3.05) is 13.2 Å². The normalized spacial score (nSPS) is 16.7. The van der Waals surface area contributed by atoms with Crippen molar-refractivity contribution >= 4 is 14.2 Å². The van der Waals surface area contributed by atoms with E-state index in [4.69, 9.17) is 4.74 Å². The Morgan fingerprint density at radius 2 is 2.18 bits per heavy atom. The molecule has 0 bridgehead atoms. The Morgan fingerprint density at radius 1 is 1.47 bits per heavy atom. The van der Waals surface area contributed by atoms with Crippen molar-refractivity contribution in [3.8, 4) is 0 Å². The predicted molar refractivity (Wildman–Crippen MR) is 73.8 cm³/mol. The standard InChI is InChI=1S/C13H25NO2Si/c1-5-12-7-6-8-14(11-12)13(15)16-9-10-17(2,3)4/h11H,5-10H2,1-4H3. The molecule has 1 rings (SSSR count). The predicted octanol–water partition coefficient (Wildman–Crippen LogP) is 3.85. The van der Waals surface area contributed by atoms with Gasteiger partial charge in [0.1, 0.15) is 0 Å². The summed E-state index contributed by atoms with van der Waals surface area (Å²) in [5, 5.41) is 0. The van der Waals surface area contributed by atoms with Crippen molar-refractivity contribution in [3.63, 3.8) is 0 Å². The van der Waals surface area contributed by atoms with Crippen LogP contribution in [0.5, 0.6) is 0 Å². The third kappa shape index (κ3) is 5.39. The molecule has 0 aromatic carbocycles. The lowest BCUT2D eigenvalue weighted by Crippen LogP contribution is -2.32. The highest BCUT2D eigenvalue weighted by Crippen LogP contribution is 2.18. The SMILES string of the molecule is CCC1=CN(C(=O)OCC[Si](C)(C)C)CCC1. The van der Waals surface area contributed by atoms with Crippen molar-refractivity contribution < 1.29 is 9.53 Å². The van der Waals surface area contributed by atoms with E-state index in [2.05, 4.69) is 26.6 Å². The Kier molecular flexibility index (Phi) is 5.24. The first kappa shape index (κ1) is 14.3. The van der Waals surface area contributed by atoms with Gasteiger partial charge in [-0.3, -0.25) is 4.90 Å². The fourth-order valence-corrected chi connectivity index (χ4v) is 2.48. The summed E-state index contributed by atoms with van der Waals surface area (Å²) in [5.41, 5.74) is 1.35. The van der Waals surface area contributed by atoms with E-state index in [-0.39, 0.29) is 6.09 Å². The average Bonchev–Trinajstić information content (AvgIpc) is 2.27. The highest BCUT2D eigenvalue weighted by molar-refractivity contribution is 6.76. The molecule has 1 heterocycles. The molecule has 98 valence electrons. The fraction of sp³-hybridized carbons (Fsp3) is 0.769. The minimum Gasteiger partial charge on any atom is -0.449 e. The number of rotatable bonds is 4. The van der Waals surface area contributed by atoms with Crippen LogP contribution in [0, 0.1) is 0 Å². The number of carbonyl (C=O) groups excluding carboxylic acids is 1. The zero-order chi connectivity index (χ0) is 12.9. The number of nitrogens with zero attached hydrogens (tertiary/aromatic N) is 1. The Bertz CT molecular complexity index is 294. The van der Waals surface area contributed by atoms with Crippen LogP contribution < -0.4 is 0 Å². The Morgan fingerprint density at radius 3 is 2.76 bits per heavy atom.